The Balaban J connectivity index is 1.18. The lowest BCUT2D eigenvalue weighted by atomic mass is 9.93. The van der Waals surface area contributed by atoms with Crippen molar-refractivity contribution >= 4 is 6.09 Å². The molecule has 148 valence electrons. The molecule has 1 aromatic carbocycles. The van der Waals surface area contributed by atoms with Gasteiger partial charge in [-0.1, -0.05) is 30.3 Å². The number of halogens is 1. The van der Waals surface area contributed by atoms with E-state index in [0.717, 1.165) is 12.0 Å². The summed E-state index contributed by atoms with van der Waals surface area (Å²) in [6.45, 7) is 1.34. The number of hydrogen-bond acceptors (Lipinski definition) is 4. The van der Waals surface area contributed by atoms with Crippen LogP contribution in [0.4, 0.5) is 9.18 Å². The summed E-state index contributed by atoms with van der Waals surface area (Å²) in [5.74, 6) is 0.494. The van der Waals surface area contributed by atoms with Crippen LogP contribution in [0.1, 0.15) is 36.3 Å². The van der Waals surface area contributed by atoms with E-state index in [4.69, 9.17) is 4.74 Å². The molecule has 2 atom stereocenters. The highest BCUT2D eigenvalue weighted by molar-refractivity contribution is 5.67. The van der Waals surface area contributed by atoms with Crippen LogP contribution in [0.2, 0.25) is 0 Å². The van der Waals surface area contributed by atoms with Gasteiger partial charge < -0.3 is 15.0 Å². The van der Waals surface area contributed by atoms with Gasteiger partial charge in [0.15, 0.2) is 0 Å². The Morgan fingerprint density at radius 1 is 1.18 bits per heavy atom. The fraction of sp³-hybridized carbons (Fsp3) is 0.455. The van der Waals surface area contributed by atoms with Gasteiger partial charge in [0, 0.05) is 56.8 Å². The van der Waals surface area contributed by atoms with Crippen molar-refractivity contribution < 1.29 is 13.9 Å². The van der Waals surface area contributed by atoms with E-state index in [2.05, 4.69) is 22.4 Å². The van der Waals surface area contributed by atoms with Crippen LogP contribution in [0, 0.1) is 0 Å². The monoisotopic (exact) mass is 383 g/mol. The molecule has 0 radical (unpaired) electrons. The third kappa shape index (κ3) is 4.68. The Morgan fingerprint density at radius 2 is 1.89 bits per heavy atom. The molecule has 4 rings (SSSR count). The van der Waals surface area contributed by atoms with Crippen LogP contribution in [0.3, 0.4) is 0 Å². The highest BCUT2D eigenvalue weighted by Crippen LogP contribution is 2.41. The predicted octanol–water partition coefficient (Wildman–Crippen LogP) is 3.67. The largest absolute Gasteiger partial charge is 0.445 e. The van der Waals surface area contributed by atoms with E-state index >= 15 is 4.39 Å². The van der Waals surface area contributed by atoms with Gasteiger partial charge in [-0.05, 0) is 29.7 Å². The molecule has 2 unspecified atom stereocenters. The number of benzene rings is 1. The summed E-state index contributed by atoms with van der Waals surface area (Å²) in [5.41, 5.74) is 0.951. The molecule has 6 heteroatoms. The molecule has 2 fully saturated rings. The molecule has 1 N–H and O–H groups in total. The fourth-order valence-electron chi connectivity index (χ4n) is 3.79. The lowest BCUT2D eigenvalue weighted by Crippen LogP contribution is -2.49. The van der Waals surface area contributed by atoms with Gasteiger partial charge in [-0.2, -0.15) is 0 Å². The number of alkyl halides is 1. The zero-order chi connectivity index (χ0) is 19.4. The second-order valence-corrected chi connectivity index (χ2v) is 7.79. The number of likely N-dealkylation sites (tertiary alicyclic amines) is 1. The quantitative estimate of drug-likeness (QED) is 0.827. The number of nitrogens with zero attached hydrogens (tertiary/aromatic N) is 2. The minimum Gasteiger partial charge on any atom is -0.445 e. The zero-order valence-electron chi connectivity index (χ0n) is 15.9. The van der Waals surface area contributed by atoms with E-state index in [1.165, 1.54) is 5.56 Å². The van der Waals surface area contributed by atoms with Crippen molar-refractivity contribution in [3.05, 3.63) is 66.0 Å². The molecule has 2 heterocycles. The molecule has 1 aromatic heterocycles. The molecule has 2 aromatic rings. The number of hydrogen-bond donors (Lipinski definition) is 1. The molecule has 28 heavy (non-hydrogen) atoms. The lowest BCUT2D eigenvalue weighted by Gasteiger charge is -2.36. The first-order chi connectivity index (χ1) is 13.6. The van der Waals surface area contributed by atoms with Gasteiger partial charge in [0.1, 0.15) is 12.3 Å². The van der Waals surface area contributed by atoms with Gasteiger partial charge in [-0.3, -0.25) is 4.98 Å². The third-order valence-corrected chi connectivity index (χ3v) is 5.73. The molecule has 1 saturated heterocycles. The number of piperidine rings is 1. The number of nitrogens with one attached hydrogen (secondary N) is 1. The SMILES string of the molecule is O=C(OCc1ccncc1)N1CCC(F)(CNC2CC2c2ccccc2)CC1. The van der Waals surface area contributed by atoms with E-state index in [9.17, 15) is 4.79 Å². The van der Waals surface area contributed by atoms with Crippen LogP contribution >= 0.6 is 0 Å². The van der Waals surface area contributed by atoms with Crippen LogP contribution in [-0.2, 0) is 11.3 Å². The maximum Gasteiger partial charge on any atom is 0.410 e. The second kappa shape index (κ2) is 8.27. The Hall–Kier alpha value is -2.47. The van der Waals surface area contributed by atoms with E-state index in [1.54, 1.807) is 17.3 Å². The highest BCUT2D eigenvalue weighted by Gasteiger charge is 2.42. The normalized spacial score (nSPS) is 23.2. The van der Waals surface area contributed by atoms with Crippen molar-refractivity contribution in [3.63, 3.8) is 0 Å². The molecular formula is C22H26FN3O2. The van der Waals surface area contributed by atoms with Crippen molar-refractivity contribution in [1.82, 2.24) is 15.2 Å². The van der Waals surface area contributed by atoms with Crippen LogP contribution in [0.25, 0.3) is 0 Å². The Bertz CT molecular complexity index is 779. The molecule has 1 aliphatic carbocycles. The number of rotatable bonds is 6. The first kappa shape index (κ1) is 18.9. The second-order valence-electron chi connectivity index (χ2n) is 7.79. The Labute approximate surface area is 164 Å². The summed E-state index contributed by atoms with van der Waals surface area (Å²) in [4.78, 5) is 17.7. The average molecular weight is 383 g/mol. The number of carbonyl (C=O) groups excluding carboxylic acids is 1. The average Bonchev–Trinajstić information content (AvgIpc) is 3.53. The first-order valence-electron chi connectivity index (χ1n) is 9.91. The Morgan fingerprint density at radius 3 is 2.61 bits per heavy atom. The molecule has 0 spiro atoms. The zero-order valence-corrected chi connectivity index (χ0v) is 15.9. The highest BCUT2D eigenvalue weighted by atomic mass is 19.1. The standard InChI is InChI=1S/C22H26FN3O2/c23-22(16-25-20-14-19(20)18-4-2-1-3-5-18)8-12-26(13-9-22)21(27)28-15-17-6-10-24-11-7-17/h1-7,10-11,19-20,25H,8-9,12-16H2. The summed E-state index contributed by atoms with van der Waals surface area (Å²) in [6.07, 6.45) is 4.69. The van der Waals surface area contributed by atoms with E-state index < -0.39 is 5.67 Å². The van der Waals surface area contributed by atoms with Gasteiger partial charge in [-0.25, -0.2) is 9.18 Å². The number of amides is 1. The maximum atomic E-state index is 15.1. The molecular weight excluding hydrogens is 357 g/mol. The molecule has 1 saturated carbocycles. The van der Waals surface area contributed by atoms with Gasteiger partial charge >= 0.3 is 6.09 Å². The Kier molecular flexibility index (Phi) is 5.57. The predicted molar refractivity (Wildman–Crippen MR) is 105 cm³/mol. The van der Waals surface area contributed by atoms with Crippen LogP contribution in [0.5, 0.6) is 0 Å². The van der Waals surface area contributed by atoms with Crippen molar-refractivity contribution in [2.45, 2.75) is 43.5 Å². The van der Waals surface area contributed by atoms with Crippen molar-refractivity contribution in [3.8, 4) is 0 Å². The summed E-state index contributed by atoms with van der Waals surface area (Å²) in [7, 11) is 0. The maximum absolute atomic E-state index is 15.1. The fourth-order valence-corrected chi connectivity index (χ4v) is 3.79. The summed E-state index contributed by atoms with van der Waals surface area (Å²) < 4.78 is 20.5. The van der Waals surface area contributed by atoms with Crippen molar-refractivity contribution in [1.29, 1.82) is 0 Å². The molecule has 1 amide bonds. The van der Waals surface area contributed by atoms with Gasteiger partial charge in [0.25, 0.3) is 0 Å². The van der Waals surface area contributed by atoms with E-state index in [-0.39, 0.29) is 12.7 Å². The third-order valence-electron chi connectivity index (χ3n) is 5.73. The number of aromatic nitrogens is 1. The van der Waals surface area contributed by atoms with Crippen molar-refractivity contribution in [2.75, 3.05) is 19.6 Å². The van der Waals surface area contributed by atoms with Crippen molar-refractivity contribution in [2.24, 2.45) is 0 Å². The number of pyridine rings is 1. The number of carbonyl (C=O) groups is 1. The molecule has 5 nitrogen and oxygen atoms in total. The van der Waals surface area contributed by atoms with E-state index in [0.29, 0.717) is 44.4 Å². The minimum atomic E-state index is -1.26. The molecule has 1 aliphatic heterocycles. The lowest BCUT2D eigenvalue weighted by molar-refractivity contribution is 0.0408. The first-order valence-corrected chi connectivity index (χ1v) is 9.91. The minimum absolute atomic E-state index is 0.211. The summed E-state index contributed by atoms with van der Waals surface area (Å²) in [6, 6.07) is 14.3. The van der Waals surface area contributed by atoms with Crippen LogP contribution in [-0.4, -0.2) is 47.3 Å². The molecule has 2 aliphatic rings. The van der Waals surface area contributed by atoms with E-state index in [1.807, 2.05) is 30.3 Å². The number of ether oxygens (including phenoxy) is 1. The van der Waals surface area contributed by atoms with Gasteiger partial charge in [0.2, 0.25) is 0 Å². The molecule has 0 bridgehead atoms. The smallest absolute Gasteiger partial charge is 0.410 e. The van der Waals surface area contributed by atoms with Crippen LogP contribution < -0.4 is 5.32 Å². The van der Waals surface area contributed by atoms with Gasteiger partial charge in [-0.15, -0.1) is 0 Å². The summed E-state index contributed by atoms with van der Waals surface area (Å²) >= 11 is 0. The topological polar surface area (TPSA) is 54.5 Å². The summed E-state index contributed by atoms with van der Waals surface area (Å²) in [5, 5.41) is 3.39. The van der Waals surface area contributed by atoms with Crippen LogP contribution in [0.15, 0.2) is 54.9 Å². The van der Waals surface area contributed by atoms with Gasteiger partial charge in [0.05, 0.1) is 0 Å².